The lowest BCUT2D eigenvalue weighted by atomic mass is 9.91. The topological polar surface area (TPSA) is 56.0 Å². The number of aryl methyl sites for hydroxylation is 1. The zero-order valence-electron chi connectivity index (χ0n) is 17.7. The van der Waals surface area contributed by atoms with E-state index < -0.39 is 0 Å². The molecule has 0 fully saturated rings. The highest BCUT2D eigenvalue weighted by Crippen LogP contribution is 2.35. The van der Waals surface area contributed by atoms with Crippen molar-refractivity contribution < 1.29 is 5.11 Å². The van der Waals surface area contributed by atoms with Gasteiger partial charge in [0, 0.05) is 6.54 Å². The van der Waals surface area contributed by atoms with Crippen LogP contribution in [0.25, 0.3) is 6.08 Å². The Morgan fingerprint density at radius 1 is 1.10 bits per heavy atom. The average molecular weight is 407 g/mol. The quantitative estimate of drug-likeness (QED) is 0.241. The molecule has 0 aliphatic rings. The summed E-state index contributed by atoms with van der Waals surface area (Å²) in [5, 5.41) is 23.4. The molecular weight excluding hydrogens is 376 g/mol. The number of aromatic hydroxyl groups is 1. The van der Waals surface area contributed by atoms with Crippen molar-refractivity contribution in [2.75, 3.05) is 6.54 Å². The van der Waals surface area contributed by atoms with Crippen molar-refractivity contribution in [1.82, 2.24) is 5.32 Å². The number of nitrogens with one attached hydrogen (secondary N) is 1. The van der Waals surface area contributed by atoms with E-state index in [4.69, 9.17) is 12.2 Å². The standard InChI is InChI=1S/C25H30N2OS/c1-17(2)22-14-20(15-23(18(3)4)24(22)28)13-21(16-26)25(29)27-12-8-11-19-9-6-5-7-10-19/h5-7,9-10,13-15,17-18,28H,8,11-12H2,1-4H3,(H,27,29). The maximum Gasteiger partial charge on any atom is 0.122 e. The van der Waals surface area contributed by atoms with Gasteiger partial charge < -0.3 is 10.4 Å². The molecule has 2 aromatic rings. The molecule has 0 saturated heterocycles. The number of nitrogens with zero attached hydrogens (tertiary/aromatic N) is 1. The first-order valence-corrected chi connectivity index (χ1v) is 10.5. The maximum absolute atomic E-state index is 10.6. The number of phenolic OH excluding ortho intramolecular Hbond substituents is 1. The average Bonchev–Trinajstić information content (AvgIpc) is 2.70. The highest BCUT2D eigenvalue weighted by molar-refractivity contribution is 7.80. The van der Waals surface area contributed by atoms with Gasteiger partial charge >= 0.3 is 0 Å². The molecular formula is C25H30N2OS. The Labute approximate surface area is 180 Å². The second-order valence-corrected chi connectivity index (χ2v) is 8.28. The lowest BCUT2D eigenvalue weighted by Crippen LogP contribution is -2.24. The molecule has 2 aromatic carbocycles. The van der Waals surface area contributed by atoms with E-state index in [0.29, 0.717) is 16.3 Å². The Morgan fingerprint density at radius 3 is 2.21 bits per heavy atom. The van der Waals surface area contributed by atoms with Gasteiger partial charge in [-0.2, -0.15) is 5.26 Å². The molecule has 0 aliphatic carbocycles. The van der Waals surface area contributed by atoms with E-state index in [0.717, 1.165) is 36.1 Å². The SMILES string of the molecule is CC(C)c1cc(C=C(C#N)C(=S)NCCCc2ccccc2)cc(C(C)C)c1O. The van der Waals surface area contributed by atoms with Gasteiger partial charge in [0.2, 0.25) is 0 Å². The lowest BCUT2D eigenvalue weighted by molar-refractivity contribution is 0.454. The molecule has 4 heteroatoms. The number of benzene rings is 2. The van der Waals surface area contributed by atoms with Crippen LogP contribution in [0.4, 0.5) is 0 Å². The van der Waals surface area contributed by atoms with Crippen LogP contribution in [0.2, 0.25) is 0 Å². The summed E-state index contributed by atoms with van der Waals surface area (Å²) >= 11 is 5.45. The molecule has 0 atom stereocenters. The van der Waals surface area contributed by atoms with Gasteiger partial charge in [0.25, 0.3) is 0 Å². The summed E-state index contributed by atoms with van der Waals surface area (Å²) in [6, 6.07) is 16.4. The number of hydrogen-bond donors (Lipinski definition) is 2. The van der Waals surface area contributed by atoms with E-state index in [9.17, 15) is 10.4 Å². The van der Waals surface area contributed by atoms with Gasteiger partial charge in [0.05, 0.1) is 5.57 Å². The van der Waals surface area contributed by atoms with Gasteiger partial charge in [-0.25, -0.2) is 0 Å². The summed E-state index contributed by atoms with van der Waals surface area (Å²) in [5.74, 6) is 0.733. The fraction of sp³-hybridized carbons (Fsp3) is 0.360. The number of nitriles is 1. The minimum absolute atomic E-state index is 0.189. The summed E-state index contributed by atoms with van der Waals surface area (Å²) < 4.78 is 0. The Hall–Kier alpha value is -2.64. The summed E-state index contributed by atoms with van der Waals surface area (Å²) in [5.41, 5.74) is 4.40. The number of hydrogen-bond acceptors (Lipinski definition) is 3. The van der Waals surface area contributed by atoms with Crippen LogP contribution in [0, 0.1) is 11.3 Å². The first-order valence-electron chi connectivity index (χ1n) is 10.1. The van der Waals surface area contributed by atoms with E-state index in [1.54, 1.807) is 0 Å². The Kier molecular flexibility index (Phi) is 8.42. The zero-order chi connectivity index (χ0) is 21.4. The normalized spacial score (nSPS) is 11.6. The summed E-state index contributed by atoms with van der Waals surface area (Å²) in [7, 11) is 0. The van der Waals surface area contributed by atoms with Gasteiger partial charge in [0.1, 0.15) is 16.8 Å². The van der Waals surface area contributed by atoms with E-state index in [2.05, 4.69) is 51.2 Å². The van der Waals surface area contributed by atoms with Crippen molar-refractivity contribution in [2.24, 2.45) is 0 Å². The van der Waals surface area contributed by atoms with Crippen LogP contribution in [0.3, 0.4) is 0 Å². The maximum atomic E-state index is 10.6. The third-order valence-corrected chi connectivity index (χ3v) is 5.25. The van der Waals surface area contributed by atoms with Crippen molar-refractivity contribution in [3.8, 4) is 11.8 Å². The molecule has 0 saturated carbocycles. The fourth-order valence-corrected chi connectivity index (χ4v) is 3.42. The molecule has 0 radical (unpaired) electrons. The first kappa shape index (κ1) is 22.6. The molecule has 0 amide bonds. The molecule has 0 spiro atoms. The summed E-state index contributed by atoms with van der Waals surface area (Å²) in [4.78, 5) is 0.464. The van der Waals surface area contributed by atoms with E-state index in [1.807, 2.05) is 36.4 Å². The Morgan fingerprint density at radius 2 is 1.69 bits per heavy atom. The molecule has 29 heavy (non-hydrogen) atoms. The van der Waals surface area contributed by atoms with Crippen LogP contribution in [-0.4, -0.2) is 16.6 Å². The molecule has 2 rings (SSSR count). The third-order valence-electron chi connectivity index (χ3n) is 4.88. The van der Waals surface area contributed by atoms with Gasteiger partial charge in [-0.3, -0.25) is 0 Å². The van der Waals surface area contributed by atoms with E-state index in [1.165, 1.54) is 5.56 Å². The molecule has 152 valence electrons. The van der Waals surface area contributed by atoms with Gasteiger partial charge in [0.15, 0.2) is 0 Å². The Bertz CT molecular complexity index is 879. The first-order chi connectivity index (χ1) is 13.8. The zero-order valence-corrected chi connectivity index (χ0v) is 18.5. The molecule has 0 aliphatic heterocycles. The molecule has 0 bridgehead atoms. The minimum atomic E-state index is 0.189. The third kappa shape index (κ3) is 6.44. The van der Waals surface area contributed by atoms with Crippen LogP contribution < -0.4 is 5.32 Å². The van der Waals surface area contributed by atoms with Crippen LogP contribution in [0.15, 0.2) is 48.0 Å². The number of rotatable bonds is 8. The summed E-state index contributed by atoms with van der Waals surface area (Å²) in [6.45, 7) is 8.93. The Balaban J connectivity index is 2.12. The van der Waals surface area contributed by atoms with Crippen LogP contribution >= 0.6 is 12.2 Å². The van der Waals surface area contributed by atoms with Crippen molar-refractivity contribution in [2.45, 2.75) is 52.4 Å². The number of phenols is 1. The van der Waals surface area contributed by atoms with Gasteiger partial charge in [-0.05, 0) is 65.1 Å². The van der Waals surface area contributed by atoms with Gasteiger partial charge in [-0.15, -0.1) is 0 Å². The predicted octanol–water partition coefficient (Wildman–Crippen LogP) is 6.10. The minimum Gasteiger partial charge on any atom is -0.507 e. The second-order valence-electron chi connectivity index (χ2n) is 7.87. The smallest absolute Gasteiger partial charge is 0.122 e. The fourth-order valence-electron chi connectivity index (χ4n) is 3.22. The molecule has 0 heterocycles. The molecule has 0 aromatic heterocycles. The largest absolute Gasteiger partial charge is 0.507 e. The second kappa shape index (κ2) is 10.8. The van der Waals surface area contributed by atoms with Crippen molar-refractivity contribution in [1.29, 1.82) is 5.26 Å². The highest BCUT2D eigenvalue weighted by atomic mass is 32.1. The van der Waals surface area contributed by atoms with Gasteiger partial charge in [-0.1, -0.05) is 70.2 Å². The van der Waals surface area contributed by atoms with E-state index in [-0.39, 0.29) is 11.8 Å². The molecule has 0 unspecified atom stereocenters. The number of thiocarbonyl (C=S) groups is 1. The van der Waals surface area contributed by atoms with Crippen LogP contribution in [-0.2, 0) is 6.42 Å². The van der Waals surface area contributed by atoms with Crippen LogP contribution in [0.1, 0.15) is 68.2 Å². The van der Waals surface area contributed by atoms with Crippen LogP contribution in [0.5, 0.6) is 5.75 Å². The van der Waals surface area contributed by atoms with Crippen molar-refractivity contribution in [3.05, 3.63) is 70.3 Å². The monoisotopic (exact) mass is 406 g/mol. The molecule has 2 N–H and O–H groups in total. The van der Waals surface area contributed by atoms with E-state index >= 15 is 0 Å². The highest BCUT2D eigenvalue weighted by Gasteiger charge is 2.15. The van der Waals surface area contributed by atoms with Crippen molar-refractivity contribution >= 4 is 23.3 Å². The lowest BCUT2D eigenvalue weighted by Gasteiger charge is -2.17. The van der Waals surface area contributed by atoms with Crippen molar-refractivity contribution in [3.63, 3.8) is 0 Å². The summed E-state index contributed by atoms with van der Waals surface area (Å²) in [6.07, 6.45) is 3.72. The molecule has 3 nitrogen and oxygen atoms in total. The predicted molar refractivity (Wildman–Crippen MR) is 125 cm³/mol.